The molecule has 288 valence electrons. The van der Waals surface area contributed by atoms with E-state index < -0.39 is 74.3 Å². The lowest BCUT2D eigenvalue weighted by Crippen LogP contribution is -2.58. The lowest BCUT2D eigenvalue weighted by Gasteiger charge is -2.30. The van der Waals surface area contributed by atoms with E-state index in [1.807, 2.05) is 19.1 Å². The van der Waals surface area contributed by atoms with E-state index in [4.69, 9.17) is 24.2 Å². The number of amides is 4. The van der Waals surface area contributed by atoms with E-state index in [2.05, 4.69) is 15.4 Å². The van der Waals surface area contributed by atoms with Crippen molar-refractivity contribution >= 4 is 44.9 Å². The van der Waals surface area contributed by atoms with Gasteiger partial charge >= 0.3 is 6.09 Å². The lowest BCUT2D eigenvalue weighted by molar-refractivity contribution is -0.141. The van der Waals surface area contributed by atoms with Crippen LogP contribution in [0.25, 0.3) is 11.0 Å². The molecule has 1 aromatic carbocycles. The van der Waals surface area contributed by atoms with E-state index in [1.54, 1.807) is 46.1 Å². The van der Waals surface area contributed by atoms with Gasteiger partial charge in [-0.15, -0.1) is 0 Å². The molecule has 2 aliphatic heterocycles. The fraction of sp³-hybridized carbons (Fsp3) is 0.622. The van der Waals surface area contributed by atoms with E-state index in [-0.39, 0.29) is 25.3 Å². The van der Waals surface area contributed by atoms with Crippen LogP contribution in [0.4, 0.5) is 4.79 Å². The Bertz CT molecular complexity index is 1890. The van der Waals surface area contributed by atoms with E-state index in [0.29, 0.717) is 61.0 Å². The number of hydrogen-bond donors (Lipinski definition) is 3. The lowest BCUT2D eigenvalue weighted by atomic mass is 10.0. The van der Waals surface area contributed by atoms with Crippen molar-refractivity contribution in [3.63, 3.8) is 0 Å². The van der Waals surface area contributed by atoms with Crippen LogP contribution in [0.5, 0.6) is 11.6 Å². The van der Waals surface area contributed by atoms with Crippen LogP contribution in [0.1, 0.15) is 91.2 Å². The maximum Gasteiger partial charge on any atom is 0.408 e. The Morgan fingerprint density at radius 2 is 1.85 bits per heavy atom. The second kappa shape index (κ2) is 15.1. The van der Waals surface area contributed by atoms with Gasteiger partial charge in [0.25, 0.3) is 5.91 Å². The van der Waals surface area contributed by atoms with Crippen LogP contribution in [0.3, 0.4) is 0 Å². The van der Waals surface area contributed by atoms with Gasteiger partial charge in [-0.05, 0) is 77.8 Å². The smallest absolute Gasteiger partial charge is 0.408 e. The van der Waals surface area contributed by atoms with Crippen LogP contribution in [-0.2, 0) is 35.6 Å². The van der Waals surface area contributed by atoms with Crippen LogP contribution in [0.2, 0.25) is 0 Å². The minimum Gasteiger partial charge on any atom is -0.497 e. The minimum atomic E-state index is -3.89. The van der Waals surface area contributed by atoms with Crippen LogP contribution in [0, 0.1) is 5.92 Å². The van der Waals surface area contributed by atoms with Gasteiger partial charge in [-0.25, -0.2) is 23.2 Å². The number of fused-ring (bicyclic) bond motifs is 3. The van der Waals surface area contributed by atoms with Crippen LogP contribution in [-0.4, -0.2) is 95.3 Å². The topological polar surface area (TPSA) is 195 Å². The molecule has 3 fully saturated rings. The Labute approximate surface area is 310 Å². The summed E-state index contributed by atoms with van der Waals surface area (Å²) in [5.41, 5.74) is -0.525. The number of allylic oxidation sites excluding steroid dienone is 1. The Balaban J connectivity index is 1.32. The highest BCUT2D eigenvalue weighted by molar-refractivity contribution is 7.91. The molecule has 0 spiro atoms. The zero-order valence-electron chi connectivity index (χ0n) is 31.0. The third-order valence-corrected chi connectivity index (χ3v) is 11.9. The first-order valence-corrected chi connectivity index (χ1v) is 20.0. The molecule has 3 heterocycles. The third kappa shape index (κ3) is 8.85. The van der Waals surface area contributed by atoms with Gasteiger partial charge in [-0.2, -0.15) is 0 Å². The molecule has 6 rings (SSSR count). The predicted octanol–water partition coefficient (Wildman–Crippen LogP) is 3.45. The summed E-state index contributed by atoms with van der Waals surface area (Å²) in [7, 11) is -2.34. The third-order valence-electron chi connectivity index (χ3n) is 10.1. The number of carbonyl (C=O) groups excluding carboxylic acids is 4. The average Bonchev–Trinajstić information content (AvgIpc) is 4.02. The normalized spacial score (nSPS) is 27.3. The summed E-state index contributed by atoms with van der Waals surface area (Å²) in [6.45, 7) is 7.08. The largest absolute Gasteiger partial charge is 0.497 e. The van der Waals surface area contributed by atoms with Crippen LogP contribution < -0.4 is 24.8 Å². The highest BCUT2D eigenvalue weighted by Gasteiger charge is 2.62. The number of nitrogens with zero attached hydrogens (tertiary/aromatic N) is 3. The quantitative estimate of drug-likeness (QED) is 0.334. The number of rotatable bonds is 8. The van der Waals surface area contributed by atoms with Crippen molar-refractivity contribution in [3.05, 3.63) is 36.0 Å². The summed E-state index contributed by atoms with van der Waals surface area (Å²) in [5.74, 6) is -1.50. The number of hydrogen-bond acceptors (Lipinski definition) is 11. The molecule has 5 atom stereocenters. The highest BCUT2D eigenvalue weighted by Crippen LogP contribution is 2.46. The van der Waals surface area contributed by atoms with Gasteiger partial charge in [0, 0.05) is 18.4 Å². The SMILES string of the molecule is CCc1nc2ccc(OC)cc2nc1O[C@@H]1C[C@H]2C(=O)N[C@]3(C(=O)NS(=O)(=O)C4CC4)C[C@@H]3/C=C/CCCCC[C@H](NC(=O)OC(C)(C)C)C(=O)N2C1. The number of methoxy groups -OCH3 is 1. The van der Waals surface area contributed by atoms with Crippen molar-refractivity contribution in [2.45, 2.75) is 126 Å². The van der Waals surface area contributed by atoms with Crippen LogP contribution in [0.15, 0.2) is 30.4 Å². The Hall–Kier alpha value is -4.47. The molecule has 15 nitrogen and oxygen atoms in total. The minimum absolute atomic E-state index is 0.0248. The summed E-state index contributed by atoms with van der Waals surface area (Å²) in [6.07, 6.45) is 7.20. The van der Waals surface area contributed by atoms with Gasteiger partial charge in [0.2, 0.25) is 27.7 Å². The molecular formula is C37H50N6O9S. The molecule has 1 saturated heterocycles. The Morgan fingerprint density at radius 3 is 2.55 bits per heavy atom. The number of sulfonamides is 1. The van der Waals surface area contributed by atoms with E-state index >= 15 is 0 Å². The molecule has 0 unspecified atom stereocenters. The summed E-state index contributed by atoms with van der Waals surface area (Å²) in [4.78, 5) is 66.3. The molecule has 53 heavy (non-hydrogen) atoms. The van der Waals surface area contributed by atoms with Gasteiger partial charge < -0.3 is 29.7 Å². The van der Waals surface area contributed by atoms with Crippen molar-refractivity contribution < 1.29 is 41.8 Å². The molecule has 4 amide bonds. The summed E-state index contributed by atoms with van der Waals surface area (Å²) in [5, 5.41) is 4.98. The summed E-state index contributed by atoms with van der Waals surface area (Å²) >= 11 is 0. The molecule has 4 aliphatic rings. The van der Waals surface area contributed by atoms with Gasteiger partial charge in [0.1, 0.15) is 40.8 Å². The number of ether oxygens (including phenoxy) is 3. The molecule has 16 heteroatoms. The number of benzene rings is 1. The van der Waals surface area contributed by atoms with E-state index in [0.717, 1.165) is 12.8 Å². The Morgan fingerprint density at radius 1 is 1.08 bits per heavy atom. The highest BCUT2D eigenvalue weighted by atomic mass is 32.2. The number of carbonyl (C=O) groups is 4. The fourth-order valence-corrected chi connectivity index (χ4v) is 8.33. The van der Waals surface area contributed by atoms with Crippen LogP contribution >= 0.6 is 0 Å². The summed E-state index contributed by atoms with van der Waals surface area (Å²) in [6, 6.07) is 3.22. The molecule has 0 bridgehead atoms. The second-order valence-electron chi connectivity index (χ2n) is 15.4. The van der Waals surface area contributed by atoms with E-state index in [9.17, 15) is 27.6 Å². The van der Waals surface area contributed by atoms with E-state index in [1.165, 1.54) is 4.90 Å². The monoisotopic (exact) mass is 754 g/mol. The number of aromatic nitrogens is 2. The van der Waals surface area contributed by atoms with Crippen molar-refractivity contribution in [2.24, 2.45) is 5.92 Å². The zero-order chi connectivity index (χ0) is 38.1. The van der Waals surface area contributed by atoms with Crippen molar-refractivity contribution in [1.82, 2.24) is 30.2 Å². The number of nitrogens with one attached hydrogen (secondary N) is 3. The second-order valence-corrected chi connectivity index (χ2v) is 17.3. The first kappa shape index (κ1) is 38.3. The number of alkyl carbamates (subject to hydrolysis) is 1. The zero-order valence-corrected chi connectivity index (χ0v) is 31.8. The first-order valence-electron chi connectivity index (χ1n) is 18.5. The van der Waals surface area contributed by atoms with Crippen molar-refractivity contribution in [2.75, 3.05) is 13.7 Å². The molecule has 1 aromatic heterocycles. The maximum atomic E-state index is 14.5. The molecule has 2 saturated carbocycles. The van der Waals surface area contributed by atoms with Gasteiger partial charge in [0.15, 0.2) is 0 Å². The number of aryl methyl sites for hydroxylation is 1. The molecule has 3 N–H and O–H groups in total. The molecule has 2 aromatic rings. The predicted molar refractivity (Wildman–Crippen MR) is 194 cm³/mol. The molecular weight excluding hydrogens is 705 g/mol. The first-order chi connectivity index (χ1) is 25.1. The van der Waals surface area contributed by atoms with Crippen molar-refractivity contribution in [3.8, 4) is 11.6 Å². The Kier molecular flexibility index (Phi) is 10.9. The van der Waals surface area contributed by atoms with Gasteiger partial charge in [0.05, 0.1) is 29.9 Å². The summed E-state index contributed by atoms with van der Waals surface area (Å²) < 4.78 is 45.1. The average molecular weight is 755 g/mol. The molecule has 0 radical (unpaired) electrons. The maximum absolute atomic E-state index is 14.5. The molecule has 2 aliphatic carbocycles. The van der Waals surface area contributed by atoms with Gasteiger partial charge in [-0.3, -0.25) is 19.1 Å². The standard InChI is InChI=1S/C37H50N6O9S/c1-6-26-32(39-29-18-23(50-5)14-17-27(29)38-26)51-24-19-30-31(44)41-37(34(46)42-53(48,49)25-15-16-25)20-22(37)12-10-8-7-9-11-13-28(33(45)43(30)21-24)40-35(47)52-36(2,3)4/h10,12,14,17-18,22,24-25,28,30H,6-9,11,13,15-16,19-21H2,1-5H3,(H,40,47)(H,41,44)(H,42,46)/b12-10+/t22-,24+,28-,30-,37+/m0/s1. The van der Waals surface area contributed by atoms with Crippen molar-refractivity contribution in [1.29, 1.82) is 0 Å². The fourth-order valence-electron chi connectivity index (χ4n) is 6.96. The van der Waals surface area contributed by atoms with Gasteiger partial charge in [-0.1, -0.05) is 31.9 Å².